The number of hydrogen-bond acceptors (Lipinski definition) is 4. The van der Waals surface area contributed by atoms with Gasteiger partial charge in [-0.25, -0.2) is 0 Å². The average molecular weight is 781 g/mol. The van der Waals surface area contributed by atoms with E-state index in [0.29, 0.717) is 13.0 Å². The summed E-state index contributed by atoms with van der Waals surface area (Å²) in [5, 5.41) is 9.61. The van der Waals surface area contributed by atoms with Crippen molar-refractivity contribution in [2.24, 2.45) is 0 Å². The van der Waals surface area contributed by atoms with Crippen LogP contribution in [0.2, 0.25) is 0 Å². The number of hydrogen-bond donors (Lipinski definition) is 1. The summed E-state index contributed by atoms with van der Waals surface area (Å²) >= 11 is 0. The molecule has 1 N–H and O–H groups in total. The first-order chi connectivity index (χ1) is 28.2. The van der Waals surface area contributed by atoms with Crippen LogP contribution in [0.15, 0.2) is 158 Å². The van der Waals surface area contributed by atoms with Crippen LogP contribution in [0.3, 0.4) is 0 Å². The van der Waals surface area contributed by atoms with E-state index in [1.807, 2.05) is 0 Å². The quantitative estimate of drug-likeness (QED) is 0.0385. The fourth-order valence-electron chi connectivity index (χ4n) is 5.13. The van der Waals surface area contributed by atoms with Crippen molar-refractivity contribution in [1.29, 1.82) is 0 Å². The molecule has 4 heteroatoms. The zero-order valence-electron chi connectivity index (χ0n) is 36.0. The topological polar surface area (TPSA) is 55.8 Å². The maximum absolute atomic E-state index is 12.2. The molecule has 0 amide bonds. The molecule has 0 saturated carbocycles. The molecule has 0 radical (unpaired) electrons. The number of aliphatic hydroxyl groups is 1. The molecule has 0 heterocycles. The number of carbonyl (C=O) groups is 1. The second kappa shape index (κ2) is 48.2. The molecular formula is C53H80O4. The fourth-order valence-corrected chi connectivity index (χ4v) is 5.13. The number of unbranched alkanes of at least 4 members (excludes halogenated alkanes) is 4. The SMILES string of the molecule is CC/C=C\C/C=C\C/C=C\C/C=C\C/C=C\C/C=C\C/C=C\CCCCOCC(CO)OC(=O)CCCC/C=C\C/C=C\C/C=C\C/C=C\C/C=C\C/C=C\CC. The largest absolute Gasteiger partial charge is 0.457 e. The number of allylic oxidation sites excluding steroid dienone is 26. The Balaban J connectivity index is 3.70. The molecule has 0 bridgehead atoms. The Bertz CT molecular complexity index is 1280. The number of rotatable bonds is 38. The molecule has 0 spiro atoms. The summed E-state index contributed by atoms with van der Waals surface area (Å²) in [6.45, 7) is 4.93. The van der Waals surface area contributed by atoms with Gasteiger partial charge in [-0.2, -0.15) is 0 Å². The van der Waals surface area contributed by atoms with E-state index in [0.717, 1.165) is 122 Å². The third kappa shape index (κ3) is 46.3. The Kier molecular flexibility index (Phi) is 44.8. The second-order valence-corrected chi connectivity index (χ2v) is 13.6. The first-order valence-electron chi connectivity index (χ1n) is 22.1. The highest BCUT2D eigenvalue weighted by atomic mass is 16.6. The standard InChI is InChI=1S/C53H80O4/c1-3-5-7-9-11-13-15-17-19-21-23-25-26-27-29-31-33-35-37-39-41-43-45-47-49-56-51-52(50-54)57-53(55)48-46-44-42-40-38-36-34-32-30-28-24-22-20-18-16-14-12-10-8-6-4-2/h5-8,11-14,17-20,23-25,27-29,32-35,38-41,52,54H,3-4,9-10,15-16,21-22,26,30-31,36-37,42-51H2,1-2H3/b7-5-,8-6-,13-11-,14-12-,19-17-,20-18-,25-23-,28-24-,29-27-,34-32-,35-33-,40-38-,41-39-. The predicted molar refractivity (Wildman–Crippen MR) is 250 cm³/mol. The summed E-state index contributed by atoms with van der Waals surface area (Å²) in [7, 11) is 0. The van der Waals surface area contributed by atoms with Gasteiger partial charge in [0, 0.05) is 13.0 Å². The second-order valence-electron chi connectivity index (χ2n) is 13.6. The van der Waals surface area contributed by atoms with Crippen LogP contribution in [0.1, 0.15) is 142 Å². The van der Waals surface area contributed by atoms with Gasteiger partial charge in [0.1, 0.15) is 6.10 Å². The Morgan fingerprint density at radius 3 is 1.04 bits per heavy atom. The van der Waals surface area contributed by atoms with Gasteiger partial charge in [0.2, 0.25) is 0 Å². The third-order valence-corrected chi connectivity index (χ3v) is 8.35. The van der Waals surface area contributed by atoms with Gasteiger partial charge in [-0.3, -0.25) is 4.79 Å². The van der Waals surface area contributed by atoms with Gasteiger partial charge in [0.15, 0.2) is 0 Å². The van der Waals surface area contributed by atoms with E-state index < -0.39 is 6.10 Å². The van der Waals surface area contributed by atoms with E-state index in [2.05, 4.69) is 172 Å². The Labute approximate surface area is 350 Å². The van der Waals surface area contributed by atoms with Crippen molar-refractivity contribution in [3.63, 3.8) is 0 Å². The van der Waals surface area contributed by atoms with Gasteiger partial charge in [-0.05, 0) is 122 Å². The molecule has 0 aliphatic carbocycles. The fraction of sp³-hybridized carbons (Fsp3) is 0.491. The summed E-state index contributed by atoms with van der Waals surface area (Å²) in [6, 6.07) is 0. The normalized spacial score (nSPS) is 13.9. The Hall–Kier alpha value is -3.99. The molecule has 0 aromatic carbocycles. The third-order valence-electron chi connectivity index (χ3n) is 8.35. The number of esters is 1. The van der Waals surface area contributed by atoms with Crippen LogP contribution in [0.5, 0.6) is 0 Å². The molecule has 0 fully saturated rings. The van der Waals surface area contributed by atoms with E-state index in [9.17, 15) is 9.90 Å². The lowest BCUT2D eigenvalue weighted by atomic mass is 10.2. The van der Waals surface area contributed by atoms with Gasteiger partial charge in [-0.15, -0.1) is 0 Å². The molecule has 316 valence electrons. The summed E-state index contributed by atoms with van der Waals surface area (Å²) < 4.78 is 11.1. The summed E-state index contributed by atoms with van der Waals surface area (Å²) in [6.07, 6.45) is 75.9. The first-order valence-corrected chi connectivity index (χ1v) is 22.1. The van der Waals surface area contributed by atoms with Gasteiger partial charge in [0.05, 0.1) is 13.2 Å². The molecular weight excluding hydrogens is 701 g/mol. The molecule has 57 heavy (non-hydrogen) atoms. The van der Waals surface area contributed by atoms with Crippen LogP contribution in [0.4, 0.5) is 0 Å². The monoisotopic (exact) mass is 781 g/mol. The van der Waals surface area contributed by atoms with Gasteiger partial charge >= 0.3 is 5.97 Å². The lowest BCUT2D eigenvalue weighted by molar-refractivity contribution is -0.154. The minimum atomic E-state index is -0.595. The molecule has 1 unspecified atom stereocenters. The summed E-state index contributed by atoms with van der Waals surface area (Å²) in [5.74, 6) is -0.266. The minimum Gasteiger partial charge on any atom is -0.457 e. The zero-order chi connectivity index (χ0) is 41.2. The lowest BCUT2D eigenvalue weighted by Crippen LogP contribution is -2.27. The van der Waals surface area contributed by atoms with Crippen molar-refractivity contribution in [2.75, 3.05) is 19.8 Å². The molecule has 0 rings (SSSR count). The summed E-state index contributed by atoms with van der Waals surface area (Å²) in [5.41, 5.74) is 0. The van der Waals surface area contributed by atoms with Crippen molar-refractivity contribution in [3.8, 4) is 0 Å². The highest BCUT2D eigenvalue weighted by Gasteiger charge is 2.13. The van der Waals surface area contributed by atoms with Gasteiger partial charge < -0.3 is 14.6 Å². The van der Waals surface area contributed by atoms with Crippen molar-refractivity contribution in [1.82, 2.24) is 0 Å². The number of ether oxygens (including phenoxy) is 2. The molecule has 1 atom stereocenters. The summed E-state index contributed by atoms with van der Waals surface area (Å²) in [4.78, 5) is 12.2. The van der Waals surface area contributed by atoms with Gasteiger partial charge in [0.25, 0.3) is 0 Å². The van der Waals surface area contributed by atoms with Crippen LogP contribution in [0.25, 0.3) is 0 Å². The van der Waals surface area contributed by atoms with Crippen LogP contribution < -0.4 is 0 Å². The zero-order valence-corrected chi connectivity index (χ0v) is 36.0. The molecule has 0 aromatic heterocycles. The molecule has 0 saturated heterocycles. The number of aliphatic hydroxyl groups excluding tert-OH is 1. The van der Waals surface area contributed by atoms with Crippen LogP contribution in [0, 0.1) is 0 Å². The van der Waals surface area contributed by atoms with Crippen molar-refractivity contribution in [2.45, 2.75) is 148 Å². The Morgan fingerprint density at radius 2 is 0.719 bits per heavy atom. The predicted octanol–water partition coefficient (Wildman–Crippen LogP) is 15.0. The molecule has 4 nitrogen and oxygen atoms in total. The van der Waals surface area contributed by atoms with Crippen molar-refractivity contribution in [3.05, 3.63) is 158 Å². The molecule has 0 aliphatic heterocycles. The van der Waals surface area contributed by atoms with E-state index in [4.69, 9.17) is 9.47 Å². The van der Waals surface area contributed by atoms with E-state index in [1.54, 1.807) is 0 Å². The number of carbonyl (C=O) groups excluding carboxylic acids is 1. The highest BCUT2D eigenvalue weighted by Crippen LogP contribution is 2.07. The molecule has 0 aromatic rings. The molecule has 0 aliphatic rings. The highest BCUT2D eigenvalue weighted by molar-refractivity contribution is 5.69. The average Bonchev–Trinajstić information content (AvgIpc) is 3.22. The van der Waals surface area contributed by atoms with Crippen molar-refractivity contribution >= 4 is 5.97 Å². The smallest absolute Gasteiger partial charge is 0.306 e. The van der Waals surface area contributed by atoms with E-state index in [-0.39, 0.29) is 19.2 Å². The Morgan fingerprint density at radius 1 is 0.421 bits per heavy atom. The maximum Gasteiger partial charge on any atom is 0.306 e. The van der Waals surface area contributed by atoms with Crippen LogP contribution in [-0.2, 0) is 14.3 Å². The lowest BCUT2D eigenvalue weighted by Gasteiger charge is -2.15. The van der Waals surface area contributed by atoms with E-state index in [1.165, 1.54) is 0 Å². The maximum atomic E-state index is 12.2. The van der Waals surface area contributed by atoms with Crippen LogP contribution >= 0.6 is 0 Å². The van der Waals surface area contributed by atoms with Crippen LogP contribution in [-0.4, -0.2) is 37.0 Å². The minimum absolute atomic E-state index is 0.221. The van der Waals surface area contributed by atoms with E-state index >= 15 is 0 Å². The van der Waals surface area contributed by atoms with Gasteiger partial charge in [-0.1, -0.05) is 172 Å². The first kappa shape index (κ1) is 53.0. The van der Waals surface area contributed by atoms with Crippen molar-refractivity contribution < 1.29 is 19.4 Å².